The van der Waals surface area contributed by atoms with Gasteiger partial charge in [0.2, 0.25) is 0 Å². The lowest BCUT2D eigenvalue weighted by molar-refractivity contribution is 0.273. The third-order valence-electron chi connectivity index (χ3n) is 3.45. The van der Waals surface area contributed by atoms with Crippen LogP contribution in [0.3, 0.4) is 0 Å². The summed E-state index contributed by atoms with van der Waals surface area (Å²) in [7, 11) is 0. The van der Waals surface area contributed by atoms with Gasteiger partial charge < -0.3 is 10.1 Å². The Morgan fingerprint density at radius 3 is 2.85 bits per heavy atom. The lowest BCUT2D eigenvalue weighted by atomic mass is 10.1. The van der Waals surface area contributed by atoms with Gasteiger partial charge in [-0.15, -0.1) is 0 Å². The van der Waals surface area contributed by atoms with Crippen LogP contribution in [0.5, 0.6) is 5.75 Å². The molecule has 1 aliphatic rings. The van der Waals surface area contributed by atoms with Crippen molar-refractivity contribution in [2.75, 3.05) is 6.61 Å². The molecule has 106 valence electrons. The van der Waals surface area contributed by atoms with E-state index < -0.39 is 0 Å². The molecule has 20 heavy (non-hydrogen) atoms. The van der Waals surface area contributed by atoms with Crippen molar-refractivity contribution in [3.63, 3.8) is 0 Å². The minimum Gasteiger partial charge on any atom is -0.493 e. The van der Waals surface area contributed by atoms with E-state index >= 15 is 0 Å². The van der Waals surface area contributed by atoms with Gasteiger partial charge in [0, 0.05) is 24.0 Å². The maximum absolute atomic E-state index is 5.98. The molecule has 0 aliphatic heterocycles. The second kappa shape index (κ2) is 5.80. The summed E-state index contributed by atoms with van der Waals surface area (Å²) in [6.07, 6.45) is 2.59. The van der Waals surface area contributed by atoms with Crippen LogP contribution in [0.1, 0.15) is 32.4 Å². The standard InChI is InChI=1S/C17H22N2O/c1-12(2)11-20-17-9-14(10-18-13-7-8-13)19-16-6-4-3-5-15(16)17/h3-6,9,12-13,18H,7-8,10-11H2,1-2H3. The largest absolute Gasteiger partial charge is 0.493 e. The number of hydrogen-bond donors (Lipinski definition) is 1. The minimum absolute atomic E-state index is 0.523. The van der Waals surface area contributed by atoms with Gasteiger partial charge in [0.15, 0.2) is 0 Å². The molecule has 3 nitrogen and oxygen atoms in total. The SMILES string of the molecule is CC(C)COc1cc(CNC2CC2)nc2ccccc12. The summed E-state index contributed by atoms with van der Waals surface area (Å²) < 4.78 is 5.98. The number of benzene rings is 1. The topological polar surface area (TPSA) is 34.1 Å². The lowest BCUT2D eigenvalue weighted by Gasteiger charge is -2.13. The molecule has 0 atom stereocenters. The number of rotatable bonds is 6. The van der Waals surface area contributed by atoms with E-state index in [1.54, 1.807) is 0 Å². The fraction of sp³-hybridized carbons (Fsp3) is 0.471. The molecule has 0 bridgehead atoms. The average molecular weight is 270 g/mol. The Kier molecular flexibility index (Phi) is 3.88. The molecule has 0 spiro atoms. The Morgan fingerprint density at radius 2 is 2.10 bits per heavy atom. The van der Waals surface area contributed by atoms with Crippen LogP contribution in [-0.2, 0) is 6.54 Å². The van der Waals surface area contributed by atoms with Crippen LogP contribution < -0.4 is 10.1 Å². The predicted octanol–water partition coefficient (Wildman–Crippen LogP) is 3.52. The number of hydrogen-bond acceptors (Lipinski definition) is 3. The molecule has 3 rings (SSSR count). The van der Waals surface area contributed by atoms with E-state index in [-0.39, 0.29) is 0 Å². The molecule has 1 aliphatic carbocycles. The highest BCUT2D eigenvalue weighted by Gasteiger charge is 2.20. The van der Waals surface area contributed by atoms with E-state index in [9.17, 15) is 0 Å². The predicted molar refractivity (Wildman–Crippen MR) is 81.9 cm³/mol. The Morgan fingerprint density at radius 1 is 1.30 bits per heavy atom. The third-order valence-corrected chi connectivity index (χ3v) is 3.45. The van der Waals surface area contributed by atoms with Crippen molar-refractivity contribution in [3.05, 3.63) is 36.0 Å². The molecule has 0 saturated heterocycles. The van der Waals surface area contributed by atoms with Crippen molar-refractivity contribution >= 4 is 10.9 Å². The third kappa shape index (κ3) is 3.28. The van der Waals surface area contributed by atoms with Crippen molar-refractivity contribution in [3.8, 4) is 5.75 Å². The Bertz CT molecular complexity index is 591. The van der Waals surface area contributed by atoms with Gasteiger partial charge in [-0.3, -0.25) is 4.98 Å². The summed E-state index contributed by atoms with van der Waals surface area (Å²) in [4.78, 5) is 4.72. The Labute approximate surface area is 120 Å². The summed E-state index contributed by atoms with van der Waals surface area (Å²) in [5.74, 6) is 1.48. The van der Waals surface area contributed by atoms with Gasteiger partial charge in [0.1, 0.15) is 5.75 Å². The molecular weight excluding hydrogens is 248 g/mol. The molecule has 1 heterocycles. The number of para-hydroxylation sites is 1. The van der Waals surface area contributed by atoms with E-state index in [0.29, 0.717) is 12.0 Å². The first-order valence-electron chi connectivity index (χ1n) is 7.47. The zero-order chi connectivity index (χ0) is 13.9. The number of aromatic nitrogens is 1. The summed E-state index contributed by atoms with van der Waals surface area (Å²) >= 11 is 0. The van der Waals surface area contributed by atoms with Crippen LogP contribution in [-0.4, -0.2) is 17.6 Å². The highest BCUT2D eigenvalue weighted by molar-refractivity contribution is 5.85. The van der Waals surface area contributed by atoms with Gasteiger partial charge in [0.25, 0.3) is 0 Å². The molecule has 1 aromatic heterocycles. The molecular formula is C17H22N2O. The number of nitrogens with one attached hydrogen (secondary N) is 1. The number of pyridine rings is 1. The molecule has 2 aromatic rings. The highest BCUT2D eigenvalue weighted by atomic mass is 16.5. The lowest BCUT2D eigenvalue weighted by Crippen LogP contribution is -2.16. The first-order chi connectivity index (χ1) is 9.72. The van der Waals surface area contributed by atoms with Crippen molar-refractivity contribution < 1.29 is 4.74 Å². The zero-order valence-electron chi connectivity index (χ0n) is 12.2. The van der Waals surface area contributed by atoms with E-state index in [2.05, 4.69) is 37.4 Å². The summed E-state index contributed by atoms with van der Waals surface area (Å²) in [6.45, 7) is 5.90. The first kappa shape index (κ1) is 13.4. The second-order valence-corrected chi connectivity index (χ2v) is 5.99. The zero-order valence-corrected chi connectivity index (χ0v) is 12.2. The number of fused-ring (bicyclic) bond motifs is 1. The highest BCUT2D eigenvalue weighted by Crippen LogP contribution is 2.26. The summed E-state index contributed by atoms with van der Waals surface area (Å²) in [5.41, 5.74) is 2.08. The minimum atomic E-state index is 0.523. The Balaban J connectivity index is 1.86. The van der Waals surface area contributed by atoms with Gasteiger partial charge in [-0.05, 0) is 30.9 Å². The number of nitrogens with zero attached hydrogens (tertiary/aromatic N) is 1. The van der Waals surface area contributed by atoms with Gasteiger partial charge >= 0.3 is 0 Å². The molecule has 1 N–H and O–H groups in total. The van der Waals surface area contributed by atoms with Crippen LogP contribution in [0.15, 0.2) is 30.3 Å². The maximum Gasteiger partial charge on any atom is 0.130 e. The molecule has 3 heteroatoms. The van der Waals surface area contributed by atoms with E-state index in [4.69, 9.17) is 9.72 Å². The molecule has 0 radical (unpaired) electrons. The van der Waals surface area contributed by atoms with Crippen LogP contribution in [0.2, 0.25) is 0 Å². The normalized spacial score (nSPS) is 14.9. The fourth-order valence-corrected chi connectivity index (χ4v) is 2.20. The average Bonchev–Trinajstić information content (AvgIpc) is 3.26. The quantitative estimate of drug-likeness (QED) is 0.872. The summed E-state index contributed by atoms with van der Waals surface area (Å²) in [5, 5.41) is 4.61. The first-order valence-corrected chi connectivity index (χ1v) is 7.47. The van der Waals surface area contributed by atoms with Crippen molar-refractivity contribution in [2.24, 2.45) is 5.92 Å². The second-order valence-electron chi connectivity index (χ2n) is 5.99. The van der Waals surface area contributed by atoms with Crippen molar-refractivity contribution in [1.29, 1.82) is 0 Å². The molecule has 1 aromatic carbocycles. The maximum atomic E-state index is 5.98. The van der Waals surface area contributed by atoms with Gasteiger partial charge in [-0.2, -0.15) is 0 Å². The van der Waals surface area contributed by atoms with Crippen LogP contribution in [0, 0.1) is 5.92 Å². The molecule has 1 saturated carbocycles. The van der Waals surface area contributed by atoms with Gasteiger partial charge in [-0.25, -0.2) is 0 Å². The Hall–Kier alpha value is -1.61. The van der Waals surface area contributed by atoms with Crippen molar-refractivity contribution in [1.82, 2.24) is 10.3 Å². The van der Waals surface area contributed by atoms with Crippen LogP contribution >= 0.6 is 0 Å². The monoisotopic (exact) mass is 270 g/mol. The molecule has 1 fully saturated rings. The molecule has 0 amide bonds. The number of ether oxygens (including phenoxy) is 1. The van der Waals surface area contributed by atoms with Crippen molar-refractivity contribution in [2.45, 2.75) is 39.3 Å². The smallest absolute Gasteiger partial charge is 0.130 e. The van der Waals surface area contributed by atoms with Crippen LogP contribution in [0.4, 0.5) is 0 Å². The van der Waals surface area contributed by atoms with Gasteiger partial charge in [-0.1, -0.05) is 26.0 Å². The fourth-order valence-electron chi connectivity index (χ4n) is 2.20. The van der Waals surface area contributed by atoms with Gasteiger partial charge in [0.05, 0.1) is 17.8 Å². The van der Waals surface area contributed by atoms with Crippen LogP contribution in [0.25, 0.3) is 10.9 Å². The van der Waals surface area contributed by atoms with E-state index in [0.717, 1.165) is 35.5 Å². The van der Waals surface area contributed by atoms with E-state index in [1.807, 2.05) is 12.1 Å². The van der Waals surface area contributed by atoms with E-state index in [1.165, 1.54) is 12.8 Å². The summed E-state index contributed by atoms with van der Waals surface area (Å²) in [6, 6.07) is 11.0. The molecule has 0 unspecified atom stereocenters.